The van der Waals surface area contributed by atoms with Crippen molar-refractivity contribution in [2.45, 2.75) is 20.4 Å². The van der Waals surface area contributed by atoms with Crippen LogP contribution in [0.15, 0.2) is 36.5 Å². The van der Waals surface area contributed by atoms with Crippen LogP contribution in [0.1, 0.15) is 16.7 Å². The van der Waals surface area contributed by atoms with Crippen molar-refractivity contribution in [1.29, 1.82) is 0 Å². The number of ether oxygens (including phenoxy) is 1. The van der Waals surface area contributed by atoms with Crippen molar-refractivity contribution in [2.24, 2.45) is 0 Å². The average Bonchev–Trinajstić information content (AvgIpc) is 2.50. The van der Waals surface area contributed by atoms with Gasteiger partial charge in [0.05, 0.1) is 0 Å². The number of benzene rings is 1. The normalized spacial score (nSPS) is 9.77. The summed E-state index contributed by atoms with van der Waals surface area (Å²) in [5, 5.41) is 2.68. The first-order valence-electron chi connectivity index (χ1n) is 6.61. The Morgan fingerprint density at radius 1 is 1.27 bits per heavy atom. The van der Waals surface area contributed by atoms with E-state index in [0.717, 1.165) is 22.4 Å². The van der Waals surface area contributed by atoms with Crippen molar-refractivity contribution in [1.82, 2.24) is 10.3 Å². The summed E-state index contributed by atoms with van der Waals surface area (Å²) in [5.74, 6) is 1.08. The van der Waals surface area contributed by atoms with Gasteiger partial charge >= 0.3 is 0 Å². The minimum Gasteiger partial charge on any atom is -0.439 e. The third-order valence-electron chi connectivity index (χ3n) is 2.97. The monoisotopic (exact) mass is 340 g/mol. The van der Waals surface area contributed by atoms with Gasteiger partial charge in [0.25, 0.3) is 0 Å². The summed E-state index contributed by atoms with van der Waals surface area (Å²) >= 11 is 5.41. The van der Waals surface area contributed by atoms with E-state index in [0.29, 0.717) is 12.4 Å². The SMILES string of the molecule is Cc1ccc(C)c(Oc2ccc(CNC(=O)CCl)cn2)c1.Cl. The standard InChI is InChI=1S/C16H17ClN2O2.ClH/c1-11-3-4-12(2)14(7-11)21-16-6-5-13(10-19-16)9-18-15(20)8-17;/h3-7,10H,8-9H2,1-2H3,(H,18,20);1H. The van der Waals surface area contributed by atoms with E-state index < -0.39 is 0 Å². The van der Waals surface area contributed by atoms with Crippen LogP contribution in [0.25, 0.3) is 0 Å². The second kappa shape index (κ2) is 8.61. The van der Waals surface area contributed by atoms with Crippen molar-refractivity contribution in [2.75, 3.05) is 5.88 Å². The maximum Gasteiger partial charge on any atom is 0.235 e. The number of hydrogen-bond donors (Lipinski definition) is 1. The molecule has 2 rings (SSSR count). The minimum absolute atomic E-state index is 0. The van der Waals surface area contributed by atoms with E-state index >= 15 is 0 Å². The minimum atomic E-state index is -0.202. The van der Waals surface area contributed by atoms with Crippen LogP contribution in [-0.4, -0.2) is 16.8 Å². The van der Waals surface area contributed by atoms with Crippen molar-refractivity contribution in [3.8, 4) is 11.6 Å². The van der Waals surface area contributed by atoms with Gasteiger partial charge < -0.3 is 10.1 Å². The second-order valence-electron chi connectivity index (χ2n) is 4.79. The molecule has 0 fully saturated rings. The number of alkyl halides is 1. The fourth-order valence-electron chi connectivity index (χ4n) is 1.75. The molecule has 4 nitrogen and oxygen atoms in total. The van der Waals surface area contributed by atoms with E-state index in [2.05, 4.69) is 10.3 Å². The Morgan fingerprint density at radius 2 is 2.05 bits per heavy atom. The van der Waals surface area contributed by atoms with Gasteiger partial charge in [-0.15, -0.1) is 24.0 Å². The summed E-state index contributed by atoms with van der Waals surface area (Å²) in [4.78, 5) is 15.3. The number of halogens is 2. The van der Waals surface area contributed by atoms with Crippen molar-refractivity contribution in [3.63, 3.8) is 0 Å². The van der Waals surface area contributed by atoms with E-state index in [-0.39, 0.29) is 24.2 Å². The Kier molecular flexibility index (Phi) is 7.15. The van der Waals surface area contributed by atoms with Crippen LogP contribution < -0.4 is 10.1 Å². The van der Waals surface area contributed by atoms with Crippen molar-refractivity contribution in [3.05, 3.63) is 53.2 Å². The Hall–Kier alpha value is -1.78. The van der Waals surface area contributed by atoms with Gasteiger partial charge in [-0.25, -0.2) is 4.98 Å². The predicted octanol–water partition coefficient (Wildman–Crippen LogP) is 3.77. The molecule has 0 bridgehead atoms. The lowest BCUT2D eigenvalue weighted by Crippen LogP contribution is -2.23. The quantitative estimate of drug-likeness (QED) is 0.843. The third-order valence-corrected chi connectivity index (χ3v) is 3.21. The number of rotatable bonds is 5. The predicted molar refractivity (Wildman–Crippen MR) is 90.0 cm³/mol. The summed E-state index contributed by atoms with van der Waals surface area (Å²) in [7, 11) is 0. The molecular formula is C16H18Cl2N2O2. The van der Waals surface area contributed by atoms with Gasteiger partial charge in [-0.3, -0.25) is 4.79 Å². The summed E-state index contributed by atoms with van der Waals surface area (Å²) in [6.45, 7) is 4.41. The number of amides is 1. The molecule has 1 aromatic carbocycles. The molecule has 1 heterocycles. The molecule has 118 valence electrons. The molecule has 1 amide bonds. The third kappa shape index (κ3) is 5.20. The van der Waals surface area contributed by atoms with E-state index in [4.69, 9.17) is 16.3 Å². The van der Waals surface area contributed by atoms with Gasteiger partial charge in [0.2, 0.25) is 11.8 Å². The highest BCUT2D eigenvalue weighted by Gasteiger charge is 2.04. The maximum absolute atomic E-state index is 11.1. The molecule has 0 spiro atoms. The highest BCUT2D eigenvalue weighted by atomic mass is 35.5. The molecule has 0 saturated heterocycles. The first kappa shape index (κ1) is 18.3. The van der Waals surface area contributed by atoms with Crippen LogP contribution >= 0.6 is 24.0 Å². The van der Waals surface area contributed by atoms with E-state index in [1.54, 1.807) is 12.3 Å². The maximum atomic E-state index is 11.1. The molecule has 2 aromatic rings. The fraction of sp³-hybridized carbons (Fsp3) is 0.250. The zero-order chi connectivity index (χ0) is 15.2. The lowest BCUT2D eigenvalue weighted by Gasteiger charge is -2.09. The first-order valence-corrected chi connectivity index (χ1v) is 7.14. The van der Waals surface area contributed by atoms with Crippen molar-refractivity contribution >= 4 is 29.9 Å². The smallest absolute Gasteiger partial charge is 0.235 e. The number of aryl methyl sites for hydroxylation is 2. The summed E-state index contributed by atoms with van der Waals surface area (Å²) in [5.41, 5.74) is 3.08. The number of nitrogens with one attached hydrogen (secondary N) is 1. The van der Waals surface area contributed by atoms with E-state index in [1.165, 1.54) is 0 Å². The van der Waals surface area contributed by atoms with Gasteiger partial charge in [0, 0.05) is 18.8 Å². The molecule has 22 heavy (non-hydrogen) atoms. The Bertz CT molecular complexity index is 631. The number of hydrogen-bond acceptors (Lipinski definition) is 3. The number of aromatic nitrogens is 1. The highest BCUT2D eigenvalue weighted by molar-refractivity contribution is 6.27. The lowest BCUT2D eigenvalue weighted by molar-refractivity contribution is -0.118. The Labute approximate surface area is 141 Å². The van der Waals surface area contributed by atoms with Gasteiger partial charge in [-0.05, 0) is 36.6 Å². The van der Waals surface area contributed by atoms with Crippen LogP contribution in [0, 0.1) is 13.8 Å². The summed E-state index contributed by atoms with van der Waals surface area (Å²) < 4.78 is 5.77. The molecule has 0 aliphatic heterocycles. The number of nitrogens with zero attached hydrogens (tertiary/aromatic N) is 1. The lowest BCUT2D eigenvalue weighted by atomic mass is 10.1. The second-order valence-corrected chi connectivity index (χ2v) is 5.05. The molecular weight excluding hydrogens is 323 g/mol. The summed E-state index contributed by atoms with van der Waals surface area (Å²) in [6.07, 6.45) is 1.68. The fourth-order valence-corrected chi connectivity index (χ4v) is 1.85. The molecule has 0 aliphatic rings. The summed E-state index contributed by atoms with van der Waals surface area (Å²) in [6, 6.07) is 9.68. The molecule has 1 aromatic heterocycles. The van der Waals surface area contributed by atoms with Crippen LogP contribution in [0.4, 0.5) is 0 Å². The van der Waals surface area contributed by atoms with Gasteiger partial charge in [-0.2, -0.15) is 0 Å². The molecule has 0 radical (unpaired) electrons. The van der Waals surface area contributed by atoms with Gasteiger partial charge in [0.15, 0.2) is 0 Å². The van der Waals surface area contributed by atoms with Crippen LogP contribution in [0.5, 0.6) is 11.6 Å². The molecule has 0 aliphatic carbocycles. The first-order chi connectivity index (χ1) is 10.1. The molecule has 0 saturated carbocycles. The van der Waals surface area contributed by atoms with Gasteiger partial charge in [-0.1, -0.05) is 18.2 Å². The van der Waals surface area contributed by atoms with E-state index in [9.17, 15) is 4.79 Å². The molecule has 0 unspecified atom stereocenters. The largest absolute Gasteiger partial charge is 0.439 e. The van der Waals surface area contributed by atoms with Gasteiger partial charge in [0.1, 0.15) is 11.6 Å². The number of carbonyl (C=O) groups is 1. The average molecular weight is 341 g/mol. The van der Waals surface area contributed by atoms with E-state index in [1.807, 2.05) is 38.1 Å². The van der Waals surface area contributed by atoms with Crippen molar-refractivity contribution < 1.29 is 9.53 Å². The van der Waals surface area contributed by atoms with Crippen LogP contribution in [0.2, 0.25) is 0 Å². The zero-order valence-corrected chi connectivity index (χ0v) is 14.0. The molecule has 6 heteroatoms. The number of carbonyl (C=O) groups excluding carboxylic acids is 1. The topological polar surface area (TPSA) is 51.2 Å². The van der Waals surface area contributed by atoms with Crippen LogP contribution in [0.3, 0.4) is 0 Å². The molecule has 1 N–H and O–H groups in total. The Morgan fingerprint density at radius 3 is 2.68 bits per heavy atom. The molecule has 0 atom stereocenters. The highest BCUT2D eigenvalue weighted by Crippen LogP contribution is 2.24. The zero-order valence-electron chi connectivity index (χ0n) is 12.4. The number of pyridine rings is 1. The Balaban J connectivity index is 0.00000242. The van der Waals surface area contributed by atoms with Crippen LogP contribution in [-0.2, 0) is 11.3 Å².